The average molecular weight is 413 g/mol. The second-order valence-corrected chi connectivity index (χ2v) is 7.50. The number of likely N-dealkylation sites (tertiary alicyclic amines) is 1. The quantitative estimate of drug-likeness (QED) is 0.599. The molecule has 7 nitrogen and oxygen atoms in total. The first-order chi connectivity index (χ1) is 14.6. The number of methoxy groups -OCH3 is 2. The highest BCUT2D eigenvalue weighted by atomic mass is 16.5. The zero-order chi connectivity index (χ0) is 21.3. The van der Waals surface area contributed by atoms with Crippen molar-refractivity contribution in [3.8, 4) is 11.5 Å². The van der Waals surface area contributed by atoms with Crippen molar-refractivity contribution in [3.63, 3.8) is 0 Å². The average Bonchev–Trinajstić information content (AvgIpc) is 2.79. The number of rotatable bonds is 8. The molecule has 0 aliphatic carbocycles. The lowest BCUT2D eigenvalue weighted by molar-refractivity contribution is -0.897. The number of nitrogens with one attached hydrogen (secondary N) is 3. The number of amides is 2. The lowest BCUT2D eigenvalue weighted by atomic mass is 10.0. The third-order valence-corrected chi connectivity index (χ3v) is 5.44. The van der Waals surface area contributed by atoms with Crippen LogP contribution in [0.1, 0.15) is 28.8 Å². The van der Waals surface area contributed by atoms with Gasteiger partial charge in [-0.05, 0) is 24.3 Å². The molecule has 0 atom stereocenters. The van der Waals surface area contributed by atoms with E-state index >= 15 is 0 Å². The van der Waals surface area contributed by atoms with Gasteiger partial charge in [-0.15, -0.1) is 0 Å². The summed E-state index contributed by atoms with van der Waals surface area (Å²) in [5, 5.41) is 6.07. The number of carbonyl (C=O) groups excluding carboxylic acids is 2. The molecule has 1 heterocycles. The van der Waals surface area contributed by atoms with Gasteiger partial charge in [0.05, 0.1) is 27.3 Å². The SMILES string of the molecule is COc1cccc(C(=O)NC2CC[NH+](CC(=O)NCc3ccccc3OC)CC2)c1. The minimum absolute atomic E-state index is 0.0229. The predicted molar refractivity (Wildman–Crippen MR) is 114 cm³/mol. The number of piperidine rings is 1. The molecule has 0 spiro atoms. The van der Waals surface area contributed by atoms with Gasteiger partial charge in [0, 0.05) is 36.6 Å². The molecule has 0 aromatic heterocycles. The normalized spacial score (nSPS) is 18.3. The molecule has 0 saturated carbocycles. The Bertz CT molecular complexity index is 863. The van der Waals surface area contributed by atoms with E-state index in [1.54, 1.807) is 26.4 Å². The van der Waals surface area contributed by atoms with Gasteiger partial charge >= 0.3 is 0 Å². The first-order valence-electron chi connectivity index (χ1n) is 10.3. The summed E-state index contributed by atoms with van der Waals surface area (Å²) in [5.74, 6) is 1.38. The molecule has 1 aliphatic heterocycles. The molecule has 3 N–H and O–H groups in total. The Morgan fingerprint density at radius 3 is 2.53 bits per heavy atom. The van der Waals surface area contributed by atoms with Crippen LogP contribution in [-0.2, 0) is 11.3 Å². The third kappa shape index (κ3) is 5.97. The topological polar surface area (TPSA) is 81.1 Å². The van der Waals surface area contributed by atoms with Crippen LogP contribution < -0.4 is 25.0 Å². The molecule has 3 rings (SSSR count). The highest BCUT2D eigenvalue weighted by Crippen LogP contribution is 2.16. The molecule has 2 aromatic rings. The molecular formula is C23H30N3O4+. The van der Waals surface area contributed by atoms with E-state index in [4.69, 9.17) is 9.47 Å². The Balaban J connectivity index is 1.40. The highest BCUT2D eigenvalue weighted by molar-refractivity contribution is 5.94. The standard InChI is InChI=1S/C23H29N3O4/c1-29-20-8-5-7-17(14-20)23(28)25-19-10-12-26(13-11-19)16-22(27)24-15-18-6-3-4-9-21(18)30-2/h3-9,14,19H,10-13,15-16H2,1-2H3,(H,24,27)(H,25,28)/p+1. The number of ether oxygens (including phenoxy) is 2. The van der Waals surface area contributed by atoms with Gasteiger partial charge in [-0.2, -0.15) is 0 Å². The molecular weight excluding hydrogens is 382 g/mol. The Kier molecular flexibility index (Phi) is 7.68. The largest absolute Gasteiger partial charge is 0.497 e. The first-order valence-corrected chi connectivity index (χ1v) is 10.3. The van der Waals surface area contributed by atoms with Gasteiger partial charge in [-0.25, -0.2) is 0 Å². The number of quaternary nitrogens is 1. The number of hydrogen-bond donors (Lipinski definition) is 3. The van der Waals surface area contributed by atoms with Crippen molar-refractivity contribution in [2.24, 2.45) is 0 Å². The summed E-state index contributed by atoms with van der Waals surface area (Å²) in [6.45, 7) is 2.59. The van der Waals surface area contributed by atoms with E-state index in [0.29, 0.717) is 24.4 Å². The summed E-state index contributed by atoms with van der Waals surface area (Å²) in [4.78, 5) is 26.0. The van der Waals surface area contributed by atoms with Crippen LogP contribution in [0.3, 0.4) is 0 Å². The first kappa shape index (κ1) is 21.6. The van der Waals surface area contributed by atoms with Gasteiger partial charge in [-0.1, -0.05) is 24.3 Å². The van der Waals surface area contributed by atoms with Crippen molar-refractivity contribution in [3.05, 3.63) is 59.7 Å². The van der Waals surface area contributed by atoms with Crippen LogP contribution in [0.4, 0.5) is 0 Å². The number of hydrogen-bond acceptors (Lipinski definition) is 4. The van der Waals surface area contributed by atoms with Gasteiger partial charge in [-0.3, -0.25) is 9.59 Å². The number of carbonyl (C=O) groups is 2. The number of para-hydroxylation sites is 1. The fourth-order valence-electron chi connectivity index (χ4n) is 3.71. The van der Waals surface area contributed by atoms with Crippen molar-refractivity contribution in [2.45, 2.75) is 25.4 Å². The molecule has 1 aliphatic rings. The van der Waals surface area contributed by atoms with Gasteiger partial charge in [0.25, 0.3) is 11.8 Å². The maximum Gasteiger partial charge on any atom is 0.275 e. The summed E-state index contributed by atoms with van der Waals surface area (Å²) in [6.07, 6.45) is 1.70. The lowest BCUT2D eigenvalue weighted by Crippen LogP contribution is -3.14. The molecule has 1 fully saturated rings. The summed E-state index contributed by atoms with van der Waals surface area (Å²) >= 11 is 0. The van der Waals surface area contributed by atoms with Crippen LogP contribution in [0.15, 0.2) is 48.5 Å². The molecule has 0 radical (unpaired) electrons. The smallest absolute Gasteiger partial charge is 0.275 e. The lowest BCUT2D eigenvalue weighted by Gasteiger charge is -2.29. The van der Waals surface area contributed by atoms with E-state index in [2.05, 4.69) is 10.6 Å². The van der Waals surface area contributed by atoms with Crippen LogP contribution in [0.2, 0.25) is 0 Å². The maximum atomic E-state index is 12.5. The second kappa shape index (κ2) is 10.6. The van der Waals surface area contributed by atoms with Crippen LogP contribution in [0.5, 0.6) is 11.5 Å². The molecule has 2 amide bonds. The van der Waals surface area contributed by atoms with Crippen molar-refractivity contribution in [2.75, 3.05) is 33.9 Å². The molecule has 0 bridgehead atoms. The Hall–Kier alpha value is -3.06. The predicted octanol–water partition coefficient (Wildman–Crippen LogP) is 0.797. The number of benzene rings is 2. The van der Waals surface area contributed by atoms with Crippen LogP contribution in [0.25, 0.3) is 0 Å². The molecule has 2 aromatic carbocycles. The maximum absolute atomic E-state index is 12.5. The van der Waals surface area contributed by atoms with E-state index in [-0.39, 0.29) is 17.9 Å². The fraction of sp³-hybridized carbons (Fsp3) is 0.391. The van der Waals surface area contributed by atoms with Gasteiger partial charge < -0.3 is 25.0 Å². The van der Waals surface area contributed by atoms with Crippen molar-refractivity contribution in [1.29, 1.82) is 0 Å². The Labute approximate surface area is 177 Å². The van der Waals surface area contributed by atoms with Crippen molar-refractivity contribution < 1.29 is 24.0 Å². The monoisotopic (exact) mass is 412 g/mol. The van der Waals surface area contributed by atoms with E-state index in [1.165, 1.54) is 4.90 Å². The van der Waals surface area contributed by atoms with E-state index < -0.39 is 0 Å². The third-order valence-electron chi connectivity index (χ3n) is 5.44. The van der Waals surface area contributed by atoms with Gasteiger partial charge in [0.1, 0.15) is 11.5 Å². The van der Waals surface area contributed by atoms with E-state index in [1.807, 2.05) is 36.4 Å². The minimum atomic E-state index is -0.0862. The second-order valence-electron chi connectivity index (χ2n) is 7.50. The summed E-state index contributed by atoms with van der Waals surface area (Å²) in [7, 11) is 3.21. The molecule has 1 saturated heterocycles. The molecule has 160 valence electrons. The van der Waals surface area contributed by atoms with Crippen LogP contribution >= 0.6 is 0 Å². The molecule has 0 unspecified atom stereocenters. The van der Waals surface area contributed by atoms with Crippen LogP contribution in [0, 0.1) is 0 Å². The summed E-state index contributed by atoms with van der Waals surface area (Å²) in [5.41, 5.74) is 1.56. The summed E-state index contributed by atoms with van der Waals surface area (Å²) in [6, 6.07) is 14.9. The van der Waals surface area contributed by atoms with E-state index in [0.717, 1.165) is 37.2 Å². The van der Waals surface area contributed by atoms with Crippen molar-refractivity contribution >= 4 is 11.8 Å². The fourth-order valence-corrected chi connectivity index (χ4v) is 3.71. The highest BCUT2D eigenvalue weighted by Gasteiger charge is 2.25. The Morgan fingerprint density at radius 1 is 1.03 bits per heavy atom. The van der Waals surface area contributed by atoms with Crippen molar-refractivity contribution in [1.82, 2.24) is 10.6 Å². The minimum Gasteiger partial charge on any atom is -0.497 e. The molecule has 7 heteroatoms. The van der Waals surface area contributed by atoms with E-state index in [9.17, 15) is 9.59 Å². The van der Waals surface area contributed by atoms with Gasteiger partial charge in [0.15, 0.2) is 6.54 Å². The van der Waals surface area contributed by atoms with Crippen LogP contribution in [-0.4, -0.2) is 51.7 Å². The van der Waals surface area contributed by atoms with Gasteiger partial charge in [0.2, 0.25) is 0 Å². The zero-order valence-electron chi connectivity index (χ0n) is 17.6. The molecule has 30 heavy (non-hydrogen) atoms. The Morgan fingerprint density at radius 2 is 1.80 bits per heavy atom. The summed E-state index contributed by atoms with van der Waals surface area (Å²) < 4.78 is 10.5. The zero-order valence-corrected chi connectivity index (χ0v) is 17.6.